The van der Waals surface area contributed by atoms with Crippen LogP contribution in [0.25, 0.3) is 0 Å². The van der Waals surface area contributed by atoms with E-state index in [0.717, 1.165) is 12.1 Å². The predicted octanol–water partition coefficient (Wildman–Crippen LogP) is 3.84. The third kappa shape index (κ3) is 4.97. The summed E-state index contributed by atoms with van der Waals surface area (Å²) in [6.45, 7) is 1.04. The van der Waals surface area contributed by atoms with Gasteiger partial charge >= 0.3 is 0 Å². The van der Waals surface area contributed by atoms with Crippen molar-refractivity contribution in [2.45, 2.75) is 44.4 Å². The number of ether oxygens (including phenoxy) is 2. The fraction of sp³-hybridized carbons (Fsp3) is 0.429. The quantitative estimate of drug-likeness (QED) is 0.766. The van der Waals surface area contributed by atoms with Crippen molar-refractivity contribution in [3.05, 3.63) is 59.7 Å². The molecule has 0 spiro atoms. The van der Waals surface area contributed by atoms with E-state index in [4.69, 9.17) is 9.47 Å². The minimum Gasteiger partial charge on any atom is -0.493 e. The molecule has 2 aromatic rings. The average molecular weight is 341 g/mol. The van der Waals surface area contributed by atoms with Gasteiger partial charge in [-0.3, -0.25) is 0 Å². The Bertz CT molecular complexity index is 653. The lowest BCUT2D eigenvalue weighted by molar-refractivity contribution is 0.106. The zero-order valence-corrected chi connectivity index (χ0v) is 14.8. The highest BCUT2D eigenvalue weighted by Crippen LogP contribution is 2.29. The van der Waals surface area contributed by atoms with Crippen LogP contribution in [0.15, 0.2) is 48.5 Å². The van der Waals surface area contributed by atoms with Crippen LogP contribution in [0.1, 0.15) is 42.9 Å². The Morgan fingerprint density at radius 1 is 1.08 bits per heavy atom. The number of benzene rings is 2. The summed E-state index contributed by atoms with van der Waals surface area (Å²) in [7, 11) is 1.64. The maximum Gasteiger partial charge on any atom is 0.161 e. The molecule has 25 heavy (non-hydrogen) atoms. The molecule has 2 N–H and O–H groups in total. The summed E-state index contributed by atoms with van der Waals surface area (Å²) in [6.07, 6.45) is 4.55. The SMILES string of the molecule is COc1cc(CNC2CCCC2)ccc1OCC(O)c1ccccc1. The predicted molar refractivity (Wildman–Crippen MR) is 99.0 cm³/mol. The molecule has 0 radical (unpaired) electrons. The van der Waals surface area contributed by atoms with Crippen molar-refractivity contribution in [1.29, 1.82) is 0 Å². The third-order valence-electron chi connectivity index (χ3n) is 4.76. The standard InChI is InChI=1S/C21H27NO3/c1-24-21-13-16(14-22-18-9-5-6-10-18)11-12-20(21)25-15-19(23)17-7-3-2-4-8-17/h2-4,7-8,11-13,18-19,22-23H,5-6,9-10,14-15H2,1H3. The van der Waals surface area contributed by atoms with E-state index >= 15 is 0 Å². The van der Waals surface area contributed by atoms with Crippen molar-refractivity contribution in [3.8, 4) is 11.5 Å². The molecule has 4 heteroatoms. The summed E-state index contributed by atoms with van der Waals surface area (Å²) in [4.78, 5) is 0. The van der Waals surface area contributed by atoms with Gasteiger partial charge < -0.3 is 19.9 Å². The number of hydrogen-bond acceptors (Lipinski definition) is 4. The van der Waals surface area contributed by atoms with Gasteiger partial charge in [0.05, 0.1) is 7.11 Å². The van der Waals surface area contributed by atoms with Crippen LogP contribution in [0.3, 0.4) is 0 Å². The van der Waals surface area contributed by atoms with Crippen LogP contribution in [0.2, 0.25) is 0 Å². The minimum atomic E-state index is -0.658. The highest BCUT2D eigenvalue weighted by Gasteiger charge is 2.15. The molecule has 1 aliphatic carbocycles. The molecule has 134 valence electrons. The third-order valence-corrected chi connectivity index (χ3v) is 4.76. The Labute approximate surface area is 149 Å². The molecule has 1 saturated carbocycles. The highest BCUT2D eigenvalue weighted by molar-refractivity contribution is 5.43. The number of rotatable bonds is 8. The van der Waals surface area contributed by atoms with E-state index < -0.39 is 6.10 Å². The second-order valence-electron chi connectivity index (χ2n) is 6.58. The second-order valence-corrected chi connectivity index (χ2v) is 6.58. The summed E-state index contributed by atoms with van der Waals surface area (Å²) in [6, 6.07) is 16.1. The first-order valence-corrected chi connectivity index (χ1v) is 9.02. The van der Waals surface area contributed by atoms with Gasteiger partial charge in [0.15, 0.2) is 11.5 Å². The van der Waals surface area contributed by atoms with Crippen LogP contribution in [0.5, 0.6) is 11.5 Å². The molecule has 3 rings (SSSR count). The molecule has 0 aromatic heterocycles. The minimum absolute atomic E-state index is 0.194. The van der Waals surface area contributed by atoms with Gasteiger partial charge in [0, 0.05) is 12.6 Å². The topological polar surface area (TPSA) is 50.7 Å². The van der Waals surface area contributed by atoms with Crippen LogP contribution < -0.4 is 14.8 Å². The molecule has 0 bridgehead atoms. The molecule has 0 amide bonds. The fourth-order valence-corrected chi connectivity index (χ4v) is 3.27. The number of hydrogen-bond donors (Lipinski definition) is 2. The van der Waals surface area contributed by atoms with Gasteiger partial charge in [0.2, 0.25) is 0 Å². The van der Waals surface area contributed by atoms with E-state index in [9.17, 15) is 5.11 Å². The van der Waals surface area contributed by atoms with Crippen molar-refractivity contribution in [1.82, 2.24) is 5.32 Å². The first kappa shape index (κ1) is 17.8. The lowest BCUT2D eigenvalue weighted by Gasteiger charge is -2.16. The number of nitrogens with one attached hydrogen (secondary N) is 1. The fourth-order valence-electron chi connectivity index (χ4n) is 3.27. The van der Waals surface area contributed by atoms with Crippen molar-refractivity contribution >= 4 is 0 Å². The zero-order chi connectivity index (χ0) is 17.5. The summed E-state index contributed by atoms with van der Waals surface area (Å²) in [5.41, 5.74) is 2.03. The Hall–Kier alpha value is -2.04. The molecule has 1 aliphatic rings. The lowest BCUT2D eigenvalue weighted by atomic mass is 10.1. The molecule has 2 aromatic carbocycles. The van der Waals surface area contributed by atoms with Crippen LogP contribution >= 0.6 is 0 Å². The van der Waals surface area contributed by atoms with E-state index in [1.165, 1.54) is 31.2 Å². The number of aliphatic hydroxyl groups is 1. The van der Waals surface area contributed by atoms with Gasteiger partial charge in [-0.25, -0.2) is 0 Å². The maximum atomic E-state index is 10.2. The Morgan fingerprint density at radius 2 is 1.84 bits per heavy atom. The smallest absolute Gasteiger partial charge is 0.161 e. The number of aliphatic hydroxyl groups excluding tert-OH is 1. The van der Waals surface area contributed by atoms with Crippen LogP contribution in [-0.4, -0.2) is 24.9 Å². The van der Waals surface area contributed by atoms with Crippen molar-refractivity contribution in [3.63, 3.8) is 0 Å². The summed E-state index contributed by atoms with van der Waals surface area (Å²) >= 11 is 0. The van der Waals surface area contributed by atoms with Gasteiger partial charge in [0.25, 0.3) is 0 Å². The first-order valence-electron chi connectivity index (χ1n) is 9.02. The van der Waals surface area contributed by atoms with Crippen molar-refractivity contribution in [2.75, 3.05) is 13.7 Å². The first-order chi connectivity index (χ1) is 12.3. The van der Waals surface area contributed by atoms with Gasteiger partial charge in [0.1, 0.15) is 12.7 Å². The lowest BCUT2D eigenvalue weighted by Crippen LogP contribution is -2.25. The monoisotopic (exact) mass is 341 g/mol. The molecule has 1 fully saturated rings. The van der Waals surface area contributed by atoms with E-state index in [1.54, 1.807) is 7.11 Å². The van der Waals surface area contributed by atoms with Crippen LogP contribution in [-0.2, 0) is 6.54 Å². The van der Waals surface area contributed by atoms with Crippen molar-refractivity contribution in [2.24, 2.45) is 0 Å². The average Bonchev–Trinajstić information content (AvgIpc) is 3.19. The molecule has 4 nitrogen and oxygen atoms in total. The highest BCUT2D eigenvalue weighted by atomic mass is 16.5. The largest absolute Gasteiger partial charge is 0.493 e. The summed E-state index contributed by atoms with van der Waals surface area (Å²) < 4.78 is 11.2. The Balaban J connectivity index is 1.57. The summed E-state index contributed by atoms with van der Waals surface area (Å²) in [5.74, 6) is 1.35. The molecule has 1 unspecified atom stereocenters. The zero-order valence-electron chi connectivity index (χ0n) is 14.8. The molecule has 1 atom stereocenters. The summed E-state index contributed by atoms with van der Waals surface area (Å²) in [5, 5.41) is 13.8. The van der Waals surface area contributed by atoms with E-state index in [1.807, 2.05) is 42.5 Å². The van der Waals surface area contributed by atoms with E-state index in [2.05, 4.69) is 11.4 Å². The molecule has 0 aliphatic heterocycles. The Morgan fingerprint density at radius 3 is 2.56 bits per heavy atom. The van der Waals surface area contributed by atoms with Crippen molar-refractivity contribution < 1.29 is 14.6 Å². The Kier molecular flexibility index (Phi) is 6.31. The molecular formula is C21H27NO3. The molecule has 0 heterocycles. The number of methoxy groups -OCH3 is 1. The van der Waals surface area contributed by atoms with Crippen LogP contribution in [0.4, 0.5) is 0 Å². The van der Waals surface area contributed by atoms with Gasteiger partial charge in [-0.05, 0) is 36.1 Å². The van der Waals surface area contributed by atoms with Gasteiger partial charge in [-0.1, -0.05) is 49.2 Å². The maximum absolute atomic E-state index is 10.2. The molecular weight excluding hydrogens is 314 g/mol. The van der Waals surface area contributed by atoms with E-state index in [0.29, 0.717) is 17.5 Å². The molecule has 0 saturated heterocycles. The normalized spacial score (nSPS) is 15.9. The van der Waals surface area contributed by atoms with Gasteiger partial charge in [-0.2, -0.15) is 0 Å². The second kappa shape index (κ2) is 8.88. The van der Waals surface area contributed by atoms with E-state index in [-0.39, 0.29) is 6.61 Å². The van der Waals surface area contributed by atoms with Gasteiger partial charge in [-0.15, -0.1) is 0 Å². The van der Waals surface area contributed by atoms with Crippen LogP contribution in [0, 0.1) is 0 Å².